The van der Waals surface area contributed by atoms with Crippen LogP contribution in [0.2, 0.25) is 0 Å². The summed E-state index contributed by atoms with van der Waals surface area (Å²) in [7, 11) is 0. The first-order chi connectivity index (χ1) is 12.9. The quantitative estimate of drug-likeness (QED) is 0.765. The lowest BCUT2D eigenvalue weighted by molar-refractivity contribution is 0.0260. The molecule has 1 aliphatic heterocycles. The number of aromatic nitrogens is 2. The van der Waals surface area contributed by atoms with Crippen LogP contribution in [-0.2, 0) is 4.74 Å². The molecule has 1 saturated carbocycles. The van der Waals surface area contributed by atoms with Crippen LogP contribution >= 0.6 is 0 Å². The minimum absolute atomic E-state index is 0.0444. The van der Waals surface area contributed by atoms with E-state index in [9.17, 15) is 9.59 Å². The molecule has 27 heavy (non-hydrogen) atoms. The van der Waals surface area contributed by atoms with Crippen LogP contribution in [0.25, 0.3) is 5.82 Å². The number of carbonyl (C=O) groups excluding carboxylic acids is 2. The normalized spacial score (nSPS) is 18.9. The van der Waals surface area contributed by atoms with E-state index in [2.05, 4.69) is 5.16 Å². The standard InChI is InChI=1S/C20H25N3O4/c1-13-9-16(15(3)23(13)18-10-14(2)27-21-18)17(24)11-22-12-20(26-19(22)25)7-5-4-6-8-20/h9-10H,4-8,11-12H2,1-3H3. The molecule has 1 aliphatic carbocycles. The molecule has 2 fully saturated rings. The summed E-state index contributed by atoms with van der Waals surface area (Å²) < 4.78 is 12.7. The third kappa shape index (κ3) is 3.15. The second kappa shape index (κ2) is 6.55. The summed E-state index contributed by atoms with van der Waals surface area (Å²) in [5.41, 5.74) is 1.92. The molecule has 0 radical (unpaired) electrons. The summed E-state index contributed by atoms with van der Waals surface area (Å²) in [6.07, 6.45) is 4.76. The predicted molar refractivity (Wildman–Crippen MR) is 98.2 cm³/mol. The monoisotopic (exact) mass is 371 g/mol. The number of hydrogen-bond donors (Lipinski definition) is 0. The van der Waals surface area contributed by atoms with Crippen molar-refractivity contribution in [2.45, 2.75) is 58.5 Å². The molecule has 144 valence electrons. The van der Waals surface area contributed by atoms with E-state index in [0.717, 1.165) is 37.1 Å². The molecule has 0 N–H and O–H groups in total. The van der Waals surface area contributed by atoms with Crippen molar-refractivity contribution in [1.29, 1.82) is 0 Å². The summed E-state index contributed by atoms with van der Waals surface area (Å²) in [5, 5.41) is 4.04. The number of hydrogen-bond acceptors (Lipinski definition) is 5. The van der Waals surface area contributed by atoms with Crippen molar-refractivity contribution >= 4 is 11.9 Å². The third-order valence-electron chi connectivity index (χ3n) is 5.72. The molecule has 0 unspecified atom stereocenters. The number of ether oxygens (including phenoxy) is 1. The Morgan fingerprint density at radius 1 is 1.19 bits per heavy atom. The summed E-state index contributed by atoms with van der Waals surface area (Å²) >= 11 is 0. The van der Waals surface area contributed by atoms with Crippen molar-refractivity contribution in [3.63, 3.8) is 0 Å². The number of Topliss-reactive ketones (excluding diaryl/α,β-unsaturated/α-hetero) is 1. The maximum absolute atomic E-state index is 12.9. The van der Waals surface area contributed by atoms with Crippen LogP contribution in [0.4, 0.5) is 4.79 Å². The maximum Gasteiger partial charge on any atom is 0.410 e. The lowest BCUT2D eigenvalue weighted by atomic mass is 9.85. The van der Waals surface area contributed by atoms with E-state index < -0.39 is 0 Å². The number of rotatable bonds is 4. The topological polar surface area (TPSA) is 77.6 Å². The minimum atomic E-state index is -0.384. The Hall–Kier alpha value is -2.57. The molecule has 1 saturated heterocycles. The Bertz CT molecular complexity index is 889. The van der Waals surface area contributed by atoms with Crippen LogP contribution in [-0.4, -0.2) is 45.2 Å². The fourth-order valence-corrected chi connectivity index (χ4v) is 4.39. The van der Waals surface area contributed by atoms with E-state index >= 15 is 0 Å². The zero-order valence-electron chi connectivity index (χ0n) is 16.1. The van der Waals surface area contributed by atoms with E-state index in [1.54, 1.807) is 4.90 Å². The van der Waals surface area contributed by atoms with Crippen LogP contribution < -0.4 is 0 Å². The second-order valence-corrected chi connectivity index (χ2v) is 7.81. The van der Waals surface area contributed by atoms with Gasteiger partial charge in [0, 0.05) is 23.0 Å². The summed E-state index contributed by atoms with van der Waals surface area (Å²) in [6.45, 7) is 6.20. The largest absolute Gasteiger partial charge is 0.441 e. The summed E-state index contributed by atoms with van der Waals surface area (Å²) in [4.78, 5) is 26.8. The van der Waals surface area contributed by atoms with Crippen LogP contribution in [0.3, 0.4) is 0 Å². The van der Waals surface area contributed by atoms with Gasteiger partial charge in [0.25, 0.3) is 0 Å². The minimum Gasteiger partial charge on any atom is -0.441 e. The third-order valence-corrected chi connectivity index (χ3v) is 5.72. The van der Waals surface area contributed by atoms with Crippen LogP contribution in [0.1, 0.15) is 59.6 Å². The van der Waals surface area contributed by atoms with E-state index in [-0.39, 0.29) is 24.0 Å². The van der Waals surface area contributed by atoms with Gasteiger partial charge in [0.2, 0.25) is 0 Å². The molecule has 2 aromatic heterocycles. The second-order valence-electron chi connectivity index (χ2n) is 7.81. The van der Waals surface area contributed by atoms with Gasteiger partial charge in [-0.3, -0.25) is 14.3 Å². The number of amides is 1. The van der Waals surface area contributed by atoms with Gasteiger partial charge in [-0.2, -0.15) is 0 Å². The van der Waals surface area contributed by atoms with Gasteiger partial charge < -0.3 is 9.26 Å². The molecule has 4 rings (SSSR count). The zero-order chi connectivity index (χ0) is 19.2. The highest BCUT2D eigenvalue weighted by Crippen LogP contribution is 2.37. The smallest absolute Gasteiger partial charge is 0.410 e. The van der Waals surface area contributed by atoms with E-state index in [1.807, 2.05) is 37.5 Å². The van der Waals surface area contributed by atoms with Crippen LogP contribution in [0.15, 0.2) is 16.7 Å². The fourth-order valence-electron chi connectivity index (χ4n) is 4.39. The Kier molecular flexibility index (Phi) is 4.32. The van der Waals surface area contributed by atoms with E-state index in [1.165, 1.54) is 6.42 Å². The Balaban J connectivity index is 1.53. The number of nitrogens with zero attached hydrogens (tertiary/aromatic N) is 3. The molecular weight excluding hydrogens is 346 g/mol. The molecule has 0 aromatic carbocycles. The van der Waals surface area contributed by atoms with Gasteiger partial charge in [0.15, 0.2) is 11.6 Å². The van der Waals surface area contributed by atoms with Crippen molar-refractivity contribution in [3.8, 4) is 5.82 Å². The van der Waals surface area contributed by atoms with Crippen molar-refractivity contribution in [2.75, 3.05) is 13.1 Å². The molecule has 2 aliphatic rings. The van der Waals surface area contributed by atoms with Crippen molar-refractivity contribution in [3.05, 3.63) is 34.8 Å². The van der Waals surface area contributed by atoms with Gasteiger partial charge in [-0.1, -0.05) is 11.6 Å². The first-order valence-corrected chi connectivity index (χ1v) is 9.52. The predicted octanol–water partition coefficient (Wildman–Crippen LogP) is 3.73. The highest BCUT2D eigenvalue weighted by Gasteiger charge is 2.46. The van der Waals surface area contributed by atoms with Gasteiger partial charge in [0.05, 0.1) is 13.1 Å². The highest BCUT2D eigenvalue weighted by molar-refractivity contribution is 6.00. The average Bonchev–Trinajstić information content (AvgIpc) is 3.25. The molecule has 0 bridgehead atoms. The van der Waals surface area contributed by atoms with Gasteiger partial charge in [-0.15, -0.1) is 0 Å². The molecule has 7 heteroatoms. The fraction of sp³-hybridized carbons (Fsp3) is 0.550. The number of carbonyl (C=O) groups is 2. The number of ketones is 1. The lowest BCUT2D eigenvalue weighted by Crippen LogP contribution is -2.38. The molecule has 0 atom stereocenters. The molecule has 1 amide bonds. The number of aryl methyl sites for hydroxylation is 2. The van der Waals surface area contributed by atoms with Gasteiger partial charge in [0.1, 0.15) is 11.4 Å². The maximum atomic E-state index is 12.9. The lowest BCUT2D eigenvalue weighted by Gasteiger charge is -2.30. The van der Waals surface area contributed by atoms with E-state index in [0.29, 0.717) is 23.7 Å². The molecule has 7 nitrogen and oxygen atoms in total. The summed E-state index contributed by atoms with van der Waals surface area (Å²) in [6, 6.07) is 3.68. The van der Waals surface area contributed by atoms with Crippen LogP contribution in [0, 0.1) is 20.8 Å². The Labute approximate surface area is 158 Å². The van der Waals surface area contributed by atoms with Crippen molar-refractivity contribution in [2.24, 2.45) is 0 Å². The van der Waals surface area contributed by atoms with Crippen molar-refractivity contribution < 1.29 is 18.8 Å². The van der Waals surface area contributed by atoms with Gasteiger partial charge in [-0.05, 0) is 52.5 Å². The van der Waals surface area contributed by atoms with Crippen LogP contribution in [0.5, 0.6) is 0 Å². The average molecular weight is 371 g/mol. The Morgan fingerprint density at radius 2 is 1.93 bits per heavy atom. The first kappa shape index (κ1) is 17.8. The summed E-state index contributed by atoms with van der Waals surface area (Å²) in [5.74, 6) is 1.28. The molecule has 2 aromatic rings. The highest BCUT2D eigenvalue weighted by atomic mass is 16.6. The Morgan fingerprint density at radius 3 is 2.59 bits per heavy atom. The van der Waals surface area contributed by atoms with Gasteiger partial charge in [-0.25, -0.2) is 4.79 Å². The van der Waals surface area contributed by atoms with Crippen molar-refractivity contribution in [1.82, 2.24) is 14.6 Å². The van der Waals surface area contributed by atoms with Gasteiger partial charge >= 0.3 is 6.09 Å². The molecular formula is C20H25N3O4. The molecule has 3 heterocycles. The zero-order valence-corrected chi connectivity index (χ0v) is 16.1. The SMILES string of the molecule is Cc1cc(-n2c(C)cc(C(=O)CN3CC4(CCCCC4)OC3=O)c2C)no1. The molecule has 1 spiro atoms. The first-order valence-electron chi connectivity index (χ1n) is 9.52. The van der Waals surface area contributed by atoms with E-state index in [4.69, 9.17) is 9.26 Å².